The van der Waals surface area contributed by atoms with Gasteiger partial charge in [0.2, 0.25) is 5.28 Å². The third-order valence-electron chi connectivity index (χ3n) is 3.02. The number of piperidine rings is 1. The van der Waals surface area contributed by atoms with Crippen LogP contribution in [0.3, 0.4) is 0 Å². The zero-order valence-corrected chi connectivity index (χ0v) is 10.6. The Morgan fingerprint density at radius 1 is 1.39 bits per heavy atom. The number of nitrogens with zero attached hydrogens (tertiary/aromatic N) is 3. The smallest absolute Gasteiger partial charge is 0.356 e. The summed E-state index contributed by atoms with van der Waals surface area (Å²) >= 11 is 5.72. The van der Waals surface area contributed by atoms with E-state index in [-0.39, 0.29) is 18.2 Å². The third-order valence-corrected chi connectivity index (χ3v) is 3.19. The molecule has 1 aliphatic rings. The fourth-order valence-corrected chi connectivity index (χ4v) is 2.35. The van der Waals surface area contributed by atoms with Gasteiger partial charge >= 0.3 is 6.18 Å². The number of halogens is 4. The molecule has 0 spiro atoms. The van der Waals surface area contributed by atoms with E-state index in [2.05, 4.69) is 9.97 Å². The topological polar surface area (TPSA) is 29.0 Å². The van der Waals surface area contributed by atoms with Crippen LogP contribution in [0, 0.1) is 12.8 Å². The van der Waals surface area contributed by atoms with Crippen molar-refractivity contribution in [3.8, 4) is 0 Å². The second-order valence-electron chi connectivity index (χ2n) is 4.46. The molecule has 2 rings (SSSR count). The summed E-state index contributed by atoms with van der Waals surface area (Å²) < 4.78 is 38.1. The minimum absolute atomic E-state index is 0.0592. The highest BCUT2D eigenvalue weighted by Gasteiger charge is 2.42. The molecule has 0 aromatic carbocycles. The van der Waals surface area contributed by atoms with Crippen LogP contribution in [0.1, 0.15) is 18.5 Å². The van der Waals surface area contributed by atoms with Crippen LogP contribution >= 0.6 is 11.6 Å². The molecular formula is C11H13ClF3N3. The lowest BCUT2D eigenvalue weighted by Crippen LogP contribution is -2.42. The fourth-order valence-electron chi connectivity index (χ4n) is 2.13. The van der Waals surface area contributed by atoms with E-state index in [1.54, 1.807) is 17.9 Å². The average Bonchev–Trinajstić information content (AvgIpc) is 2.27. The Balaban J connectivity index is 2.18. The van der Waals surface area contributed by atoms with Crippen molar-refractivity contribution in [2.24, 2.45) is 5.92 Å². The van der Waals surface area contributed by atoms with E-state index in [1.807, 2.05) is 0 Å². The van der Waals surface area contributed by atoms with Crippen molar-refractivity contribution in [3.05, 3.63) is 17.0 Å². The standard InChI is InChI=1S/C11H13ClF3N3/c1-7-5-9(17-10(12)16-7)18-4-2-3-8(6-18)11(13,14)15/h5,8H,2-4,6H2,1H3. The van der Waals surface area contributed by atoms with Gasteiger partial charge < -0.3 is 4.90 Å². The highest BCUT2D eigenvalue weighted by molar-refractivity contribution is 6.28. The zero-order valence-electron chi connectivity index (χ0n) is 9.84. The summed E-state index contributed by atoms with van der Waals surface area (Å²) in [5.41, 5.74) is 0.652. The van der Waals surface area contributed by atoms with Gasteiger partial charge in [-0.15, -0.1) is 0 Å². The fraction of sp³-hybridized carbons (Fsp3) is 0.636. The molecule has 1 fully saturated rings. The van der Waals surface area contributed by atoms with Crippen LogP contribution in [0.15, 0.2) is 6.07 Å². The summed E-state index contributed by atoms with van der Waals surface area (Å²) in [5.74, 6) is -0.818. The van der Waals surface area contributed by atoms with E-state index in [0.29, 0.717) is 24.5 Å². The Kier molecular flexibility index (Phi) is 3.66. The summed E-state index contributed by atoms with van der Waals surface area (Å²) in [6.07, 6.45) is -3.47. The Labute approximate surface area is 108 Å². The largest absolute Gasteiger partial charge is 0.393 e. The van der Waals surface area contributed by atoms with E-state index in [9.17, 15) is 13.2 Å². The Morgan fingerprint density at radius 2 is 2.11 bits per heavy atom. The van der Waals surface area contributed by atoms with Crippen molar-refractivity contribution >= 4 is 17.4 Å². The van der Waals surface area contributed by atoms with Crippen LogP contribution in [-0.2, 0) is 0 Å². The first-order valence-electron chi connectivity index (χ1n) is 5.69. The van der Waals surface area contributed by atoms with Gasteiger partial charge in [-0.3, -0.25) is 0 Å². The van der Waals surface area contributed by atoms with Crippen LogP contribution in [-0.4, -0.2) is 29.2 Å². The van der Waals surface area contributed by atoms with Gasteiger partial charge in [-0.05, 0) is 31.4 Å². The van der Waals surface area contributed by atoms with Crippen molar-refractivity contribution in [1.82, 2.24) is 9.97 Å². The second-order valence-corrected chi connectivity index (χ2v) is 4.80. The highest BCUT2D eigenvalue weighted by Crippen LogP contribution is 2.34. The SMILES string of the molecule is Cc1cc(N2CCCC(C(F)(F)F)C2)nc(Cl)n1. The van der Waals surface area contributed by atoms with Crippen LogP contribution in [0.25, 0.3) is 0 Å². The molecule has 100 valence electrons. The van der Waals surface area contributed by atoms with E-state index < -0.39 is 12.1 Å². The number of anilines is 1. The van der Waals surface area contributed by atoms with Crippen LogP contribution < -0.4 is 4.90 Å². The summed E-state index contributed by atoms with van der Waals surface area (Å²) in [7, 11) is 0. The number of hydrogen-bond acceptors (Lipinski definition) is 3. The lowest BCUT2D eigenvalue weighted by Gasteiger charge is -2.34. The van der Waals surface area contributed by atoms with E-state index in [0.717, 1.165) is 0 Å². The number of hydrogen-bond donors (Lipinski definition) is 0. The molecule has 0 N–H and O–H groups in total. The van der Waals surface area contributed by atoms with E-state index >= 15 is 0 Å². The molecule has 0 amide bonds. The zero-order chi connectivity index (χ0) is 13.3. The van der Waals surface area contributed by atoms with Gasteiger partial charge in [0.15, 0.2) is 0 Å². The molecular weight excluding hydrogens is 267 g/mol. The van der Waals surface area contributed by atoms with Crippen molar-refractivity contribution < 1.29 is 13.2 Å². The molecule has 1 aromatic heterocycles. The maximum absolute atomic E-state index is 12.7. The summed E-state index contributed by atoms with van der Waals surface area (Å²) in [6.45, 7) is 2.25. The van der Waals surface area contributed by atoms with E-state index in [1.165, 1.54) is 0 Å². The molecule has 3 nitrogen and oxygen atoms in total. The van der Waals surface area contributed by atoms with Crippen molar-refractivity contribution in [3.63, 3.8) is 0 Å². The quantitative estimate of drug-likeness (QED) is 0.739. The molecule has 2 heterocycles. The lowest BCUT2D eigenvalue weighted by atomic mass is 9.97. The first kappa shape index (κ1) is 13.4. The number of aryl methyl sites for hydroxylation is 1. The van der Waals surface area contributed by atoms with Crippen LogP contribution in [0.4, 0.5) is 19.0 Å². The summed E-state index contributed by atoms with van der Waals surface area (Å²) in [6, 6.07) is 1.66. The molecule has 1 saturated heterocycles. The second kappa shape index (κ2) is 4.91. The van der Waals surface area contributed by atoms with Gasteiger partial charge in [0.05, 0.1) is 5.92 Å². The molecule has 0 bridgehead atoms. The molecule has 0 aliphatic carbocycles. The van der Waals surface area contributed by atoms with Gasteiger partial charge in [0.25, 0.3) is 0 Å². The monoisotopic (exact) mass is 279 g/mol. The van der Waals surface area contributed by atoms with Gasteiger partial charge in [0, 0.05) is 24.8 Å². The first-order valence-corrected chi connectivity index (χ1v) is 6.07. The molecule has 1 aromatic rings. The normalized spacial score (nSPS) is 21.2. The number of aromatic nitrogens is 2. The van der Waals surface area contributed by atoms with Crippen LogP contribution in [0.2, 0.25) is 5.28 Å². The molecule has 18 heavy (non-hydrogen) atoms. The minimum atomic E-state index is -4.15. The molecule has 1 atom stereocenters. The van der Waals surface area contributed by atoms with E-state index in [4.69, 9.17) is 11.6 Å². The lowest BCUT2D eigenvalue weighted by molar-refractivity contribution is -0.176. The first-order chi connectivity index (χ1) is 8.36. The summed E-state index contributed by atoms with van der Waals surface area (Å²) in [4.78, 5) is 9.52. The average molecular weight is 280 g/mol. The maximum atomic E-state index is 12.7. The van der Waals surface area contributed by atoms with Crippen molar-refractivity contribution in [1.29, 1.82) is 0 Å². The molecule has 0 saturated carbocycles. The highest BCUT2D eigenvalue weighted by atomic mass is 35.5. The Hall–Kier alpha value is -1.04. The van der Waals surface area contributed by atoms with Crippen molar-refractivity contribution in [2.45, 2.75) is 25.9 Å². The molecule has 7 heteroatoms. The number of rotatable bonds is 1. The third kappa shape index (κ3) is 3.04. The minimum Gasteiger partial charge on any atom is -0.356 e. The maximum Gasteiger partial charge on any atom is 0.393 e. The Bertz CT molecular complexity index is 416. The van der Waals surface area contributed by atoms with Gasteiger partial charge in [-0.25, -0.2) is 9.97 Å². The summed E-state index contributed by atoms with van der Waals surface area (Å²) in [5, 5.41) is 0.0686. The predicted octanol–water partition coefficient (Wildman–Crippen LogP) is 3.22. The molecule has 0 radical (unpaired) electrons. The van der Waals surface area contributed by atoms with Gasteiger partial charge in [-0.2, -0.15) is 13.2 Å². The predicted molar refractivity (Wildman–Crippen MR) is 62.8 cm³/mol. The molecule has 1 unspecified atom stereocenters. The van der Waals surface area contributed by atoms with Crippen molar-refractivity contribution in [2.75, 3.05) is 18.0 Å². The molecule has 1 aliphatic heterocycles. The Morgan fingerprint density at radius 3 is 2.72 bits per heavy atom. The van der Waals surface area contributed by atoms with Gasteiger partial charge in [-0.1, -0.05) is 0 Å². The van der Waals surface area contributed by atoms with Crippen LogP contribution in [0.5, 0.6) is 0 Å². The number of alkyl halides is 3. The van der Waals surface area contributed by atoms with Gasteiger partial charge in [0.1, 0.15) is 5.82 Å².